The van der Waals surface area contributed by atoms with E-state index >= 15 is 0 Å². The lowest BCUT2D eigenvalue weighted by molar-refractivity contribution is -0.123. The van der Waals surface area contributed by atoms with Gasteiger partial charge in [-0.3, -0.25) is 9.69 Å². The van der Waals surface area contributed by atoms with Crippen molar-refractivity contribution in [2.75, 3.05) is 19.6 Å². The quantitative estimate of drug-likeness (QED) is 0.754. The van der Waals surface area contributed by atoms with E-state index in [4.69, 9.17) is 0 Å². The molecule has 2 N–H and O–H groups in total. The molecule has 134 valence electrons. The first-order valence-corrected chi connectivity index (χ1v) is 8.66. The highest BCUT2D eigenvalue weighted by molar-refractivity contribution is 5.85. The molecule has 0 spiro atoms. The molecule has 23 heavy (non-hydrogen) atoms. The van der Waals surface area contributed by atoms with Crippen molar-refractivity contribution in [2.45, 2.75) is 63.1 Å². The van der Waals surface area contributed by atoms with Crippen LogP contribution in [-0.2, 0) is 4.79 Å². The van der Waals surface area contributed by atoms with Crippen molar-refractivity contribution < 1.29 is 4.79 Å². The zero-order chi connectivity index (χ0) is 14.7. The number of fused-ring (bicyclic) bond motifs is 1. The maximum absolute atomic E-state index is 12.5. The fraction of sp³-hybridized carbons (Fsp3) is 0.824. The smallest absolute Gasteiger partial charge is 0.237 e. The molecule has 1 aliphatic carbocycles. The van der Waals surface area contributed by atoms with E-state index in [1.54, 1.807) is 0 Å². The summed E-state index contributed by atoms with van der Waals surface area (Å²) in [5, 5.41) is 6.85. The van der Waals surface area contributed by atoms with Crippen molar-refractivity contribution in [2.24, 2.45) is 5.92 Å². The number of rotatable bonds is 4. The van der Waals surface area contributed by atoms with Gasteiger partial charge in [0.15, 0.2) is 0 Å². The number of halogens is 2. The van der Waals surface area contributed by atoms with Crippen molar-refractivity contribution in [3.8, 4) is 0 Å². The normalized spacial score (nSPS) is 31.4. The van der Waals surface area contributed by atoms with Crippen molar-refractivity contribution >= 4 is 30.7 Å². The van der Waals surface area contributed by atoms with E-state index < -0.39 is 0 Å². The van der Waals surface area contributed by atoms with Crippen LogP contribution >= 0.6 is 24.8 Å². The maximum atomic E-state index is 12.5. The van der Waals surface area contributed by atoms with Crippen LogP contribution in [0.4, 0.5) is 0 Å². The molecule has 3 atom stereocenters. The van der Waals surface area contributed by atoms with E-state index in [2.05, 4.69) is 22.1 Å². The molecule has 0 bridgehead atoms. The lowest BCUT2D eigenvalue weighted by Gasteiger charge is -2.32. The van der Waals surface area contributed by atoms with E-state index in [0.29, 0.717) is 12.1 Å². The van der Waals surface area contributed by atoms with Gasteiger partial charge in [0.1, 0.15) is 0 Å². The summed E-state index contributed by atoms with van der Waals surface area (Å²) in [7, 11) is 0. The minimum atomic E-state index is 0. The van der Waals surface area contributed by atoms with Crippen molar-refractivity contribution in [1.29, 1.82) is 0 Å². The highest BCUT2D eigenvalue weighted by Crippen LogP contribution is 2.33. The van der Waals surface area contributed by atoms with Gasteiger partial charge in [-0.15, -0.1) is 31.4 Å². The van der Waals surface area contributed by atoms with Crippen LogP contribution in [-0.4, -0.2) is 48.6 Å². The van der Waals surface area contributed by atoms with Gasteiger partial charge in [0.05, 0.1) is 6.04 Å². The van der Waals surface area contributed by atoms with Crippen LogP contribution in [0.2, 0.25) is 0 Å². The lowest BCUT2D eigenvalue weighted by atomic mass is 9.85. The third-order valence-corrected chi connectivity index (χ3v) is 5.50. The molecule has 0 aromatic heterocycles. The largest absolute Gasteiger partial charge is 0.352 e. The van der Waals surface area contributed by atoms with Crippen molar-refractivity contribution in [1.82, 2.24) is 15.5 Å². The highest BCUT2D eigenvalue weighted by atomic mass is 35.5. The Morgan fingerprint density at radius 1 is 1.17 bits per heavy atom. The Morgan fingerprint density at radius 3 is 2.52 bits per heavy atom. The molecule has 3 aliphatic rings. The minimum Gasteiger partial charge on any atom is -0.352 e. The van der Waals surface area contributed by atoms with Gasteiger partial charge >= 0.3 is 0 Å². The third-order valence-electron chi connectivity index (χ3n) is 5.50. The van der Waals surface area contributed by atoms with Crippen LogP contribution in [0.25, 0.3) is 0 Å². The van der Waals surface area contributed by atoms with Crippen molar-refractivity contribution in [3.63, 3.8) is 0 Å². The van der Waals surface area contributed by atoms with Gasteiger partial charge in [-0.25, -0.2) is 0 Å². The Kier molecular flexibility index (Phi) is 8.91. The summed E-state index contributed by atoms with van der Waals surface area (Å²) in [4.78, 5) is 14.9. The van der Waals surface area contributed by atoms with Gasteiger partial charge in [0.25, 0.3) is 0 Å². The molecule has 2 aliphatic heterocycles. The molecular weight excluding hydrogens is 333 g/mol. The average Bonchev–Trinajstić information content (AvgIpc) is 2.94. The van der Waals surface area contributed by atoms with E-state index in [0.717, 1.165) is 44.8 Å². The molecule has 0 radical (unpaired) electrons. The summed E-state index contributed by atoms with van der Waals surface area (Å²) in [5.41, 5.74) is 0. The number of piperidine rings is 1. The SMILES string of the molecule is C=CCN1CCC(NC(=O)C2CC3CCCCC3N2)CC1.Cl.Cl. The number of likely N-dealkylation sites (tertiary alicyclic amines) is 1. The molecule has 1 amide bonds. The fourth-order valence-electron chi connectivity index (χ4n) is 4.27. The number of carbonyl (C=O) groups excluding carboxylic acids is 1. The van der Waals surface area contributed by atoms with Gasteiger partial charge in [-0.05, 0) is 38.0 Å². The molecule has 4 nitrogen and oxygen atoms in total. The van der Waals surface area contributed by atoms with Crippen LogP contribution in [0.1, 0.15) is 44.9 Å². The molecule has 0 aromatic carbocycles. The standard InChI is InChI=1S/C17H29N3O.2ClH/c1-2-9-20-10-7-14(8-11-20)18-17(21)16-12-13-5-3-4-6-15(13)19-16;;/h2,13-16,19H,1,3-12H2,(H,18,21);2*1H. The molecular formula is C17H31Cl2N3O. The molecule has 6 heteroatoms. The van der Waals surface area contributed by atoms with Crippen LogP contribution in [0.3, 0.4) is 0 Å². The molecule has 0 aromatic rings. The second-order valence-electron chi connectivity index (χ2n) is 6.98. The van der Waals surface area contributed by atoms with E-state index in [9.17, 15) is 4.79 Å². The number of carbonyl (C=O) groups is 1. The Labute approximate surface area is 152 Å². The molecule has 1 saturated carbocycles. The monoisotopic (exact) mass is 363 g/mol. The number of hydrogen-bond acceptors (Lipinski definition) is 3. The van der Waals surface area contributed by atoms with Crippen LogP contribution in [0.5, 0.6) is 0 Å². The first-order chi connectivity index (χ1) is 10.3. The van der Waals surface area contributed by atoms with Crippen LogP contribution in [0, 0.1) is 5.92 Å². The zero-order valence-corrected chi connectivity index (χ0v) is 15.5. The van der Waals surface area contributed by atoms with E-state index in [1.807, 2.05) is 6.08 Å². The van der Waals surface area contributed by atoms with E-state index in [-0.39, 0.29) is 36.8 Å². The number of nitrogens with zero attached hydrogens (tertiary/aromatic N) is 1. The Morgan fingerprint density at radius 2 is 1.87 bits per heavy atom. The lowest BCUT2D eigenvalue weighted by Crippen LogP contribution is -2.50. The van der Waals surface area contributed by atoms with Gasteiger partial charge < -0.3 is 10.6 Å². The maximum Gasteiger partial charge on any atom is 0.237 e. The number of amides is 1. The molecule has 3 fully saturated rings. The number of hydrogen-bond donors (Lipinski definition) is 2. The van der Waals surface area contributed by atoms with Gasteiger partial charge in [-0.2, -0.15) is 0 Å². The summed E-state index contributed by atoms with van der Waals surface area (Å²) < 4.78 is 0. The van der Waals surface area contributed by atoms with Crippen molar-refractivity contribution in [3.05, 3.63) is 12.7 Å². The fourth-order valence-corrected chi connectivity index (χ4v) is 4.27. The molecule has 2 saturated heterocycles. The molecule has 2 heterocycles. The third kappa shape index (κ3) is 5.35. The summed E-state index contributed by atoms with van der Waals surface area (Å²) in [6.07, 6.45) is 10.4. The topological polar surface area (TPSA) is 44.4 Å². The summed E-state index contributed by atoms with van der Waals surface area (Å²) in [6, 6.07) is 1.02. The predicted molar refractivity (Wildman–Crippen MR) is 99.6 cm³/mol. The molecule has 3 rings (SSSR count). The Hall–Kier alpha value is -0.290. The Balaban J connectivity index is 0.00000132. The highest BCUT2D eigenvalue weighted by Gasteiger charge is 2.38. The van der Waals surface area contributed by atoms with E-state index in [1.165, 1.54) is 25.7 Å². The average molecular weight is 364 g/mol. The minimum absolute atomic E-state index is 0. The second kappa shape index (κ2) is 9.87. The van der Waals surface area contributed by atoms with Gasteiger partial charge in [0, 0.05) is 31.7 Å². The van der Waals surface area contributed by atoms with Crippen LogP contribution < -0.4 is 10.6 Å². The first kappa shape index (κ1) is 20.8. The summed E-state index contributed by atoms with van der Waals surface area (Å²) in [6.45, 7) is 6.90. The number of nitrogens with one attached hydrogen (secondary N) is 2. The molecule has 3 unspecified atom stereocenters. The van der Waals surface area contributed by atoms with Gasteiger partial charge in [-0.1, -0.05) is 18.9 Å². The van der Waals surface area contributed by atoms with Gasteiger partial charge in [0.2, 0.25) is 5.91 Å². The predicted octanol–water partition coefficient (Wildman–Crippen LogP) is 2.52. The first-order valence-electron chi connectivity index (χ1n) is 8.66. The summed E-state index contributed by atoms with van der Waals surface area (Å²) >= 11 is 0. The second-order valence-corrected chi connectivity index (χ2v) is 6.98. The zero-order valence-electron chi connectivity index (χ0n) is 13.8. The van der Waals surface area contributed by atoms with Crippen LogP contribution in [0.15, 0.2) is 12.7 Å². The Bertz CT molecular complexity index is 372. The summed E-state index contributed by atoms with van der Waals surface area (Å²) in [5.74, 6) is 0.982.